The van der Waals surface area contributed by atoms with Crippen molar-refractivity contribution in [3.05, 3.63) is 18.0 Å². The molecule has 0 atom stereocenters. The molecular formula is C19H25N5O2. The average Bonchev–Trinajstić information content (AvgIpc) is 3.33. The number of nitrogens with one attached hydrogen (secondary N) is 1. The summed E-state index contributed by atoms with van der Waals surface area (Å²) in [4.78, 5) is 27.0. The molecule has 2 amide bonds. The van der Waals surface area contributed by atoms with Crippen LogP contribution in [0.5, 0.6) is 0 Å². The van der Waals surface area contributed by atoms with Gasteiger partial charge in [-0.05, 0) is 37.5 Å². The molecule has 1 N–H and O–H groups in total. The highest BCUT2D eigenvalue weighted by molar-refractivity contribution is 5.94. The Labute approximate surface area is 153 Å². The molecule has 7 nitrogen and oxygen atoms in total. The van der Waals surface area contributed by atoms with Crippen molar-refractivity contribution in [1.29, 1.82) is 5.26 Å². The first-order chi connectivity index (χ1) is 12.5. The first-order valence-corrected chi connectivity index (χ1v) is 9.46. The van der Waals surface area contributed by atoms with Crippen molar-refractivity contribution in [2.45, 2.75) is 51.0 Å². The first kappa shape index (κ1) is 17.1. The maximum Gasteiger partial charge on any atom is 0.254 e. The molecule has 7 heteroatoms. The van der Waals surface area contributed by atoms with Gasteiger partial charge in [-0.15, -0.1) is 0 Å². The van der Waals surface area contributed by atoms with E-state index in [9.17, 15) is 14.9 Å². The van der Waals surface area contributed by atoms with Crippen LogP contribution in [0.25, 0.3) is 0 Å². The fourth-order valence-corrected chi connectivity index (χ4v) is 4.99. The summed E-state index contributed by atoms with van der Waals surface area (Å²) in [6.45, 7) is 1.47. The maximum atomic E-state index is 12.9. The number of hydrogen-bond acceptors (Lipinski definition) is 4. The van der Waals surface area contributed by atoms with Crippen LogP contribution >= 0.6 is 0 Å². The molecule has 1 aromatic heterocycles. The van der Waals surface area contributed by atoms with Gasteiger partial charge in [-0.3, -0.25) is 14.3 Å². The molecule has 3 fully saturated rings. The average molecular weight is 355 g/mol. The summed E-state index contributed by atoms with van der Waals surface area (Å²) in [7, 11) is 1.79. The van der Waals surface area contributed by atoms with Gasteiger partial charge in [-0.2, -0.15) is 10.4 Å². The Morgan fingerprint density at radius 3 is 2.65 bits per heavy atom. The predicted octanol–water partition coefficient (Wildman–Crippen LogP) is 1.61. The largest absolute Gasteiger partial charge is 0.349 e. The van der Waals surface area contributed by atoms with Gasteiger partial charge in [0.05, 0.1) is 17.8 Å². The third-order valence-electron chi connectivity index (χ3n) is 6.47. The van der Waals surface area contributed by atoms with Gasteiger partial charge in [0, 0.05) is 32.4 Å². The lowest BCUT2D eigenvalue weighted by molar-refractivity contribution is -0.138. The fourth-order valence-electron chi connectivity index (χ4n) is 4.99. The van der Waals surface area contributed by atoms with Gasteiger partial charge in [0.2, 0.25) is 5.91 Å². The maximum absolute atomic E-state index is 12.9. The van der Waals surface area contributed by atoms with Crippen LogP contribution in [0.15, 0.2) is 12.4 Å². The second-order valence-electron chi connectivity index (χ2n) is 8.36. The van der Waals surface area contributed by atoms with Crippen molar-refractivity contribution >= 4 is 11.8 Å². The number of carbonyl (C=O) groups excluding carboxylic acids is 2. The zero-order valence-electron chi connectivity index (χ0n) is 15.2. The van der Waals surface area contributed by atoms with E-state index in [1.165, 1.54) is 0 Å². The molecule has 0 unspecified atom stereocenters. The number of aryl methyl sites for hydroxylation is 1. The van der Waals surface area contributed by atoms with Crippen LogP contribution in [0, 0.1) is 22.2 Å². The molecule has 1 aromatic rings. The zero-order chi connectivity index (χ0) is 18.4. The Hall–Kier alpha value is -2.36. The molecule has 1 saturated heterocycles. The van der Waals surface area contributed by atoms with Gasteiger partial charge in [0.15, 0.2) is 0 Å². The molecule has 0 bridgehead atoms. The molecule has 3 aliphatic rings. The SMILES string of the molecule is Cn1cc(C(=O)NC2CC3(CCN(C(=O)C4(C#N)CCCC4)C3)C2)cn1. The summed E-state index contributed by atoms with van der Waals surface area (Å²) in [5.74, 6) is -0.0458. The number of rotatable bonds is 3. The lowest BCUT2D eigenvalue weighted by atomic mass is 9.65. The van der Waals surface area contributed by atoms with E-state index < -0.39 is 5.41 Å². The van der Waals surface area contributed by atoms with Crippen molar-refractivity contribution in [2.24, 2.45) is 17.9 Å². The van der Waals surface area contributed by atoms with Crippen molar-refractivity contribution in [1.82, 2.24) is 20.0 Å². The molecule has 2 heterocycles. The van der Waals surface area contributed by atoms with Gasteiger partial charge < -0.3 is 10.2 Å². The summed E-state index contributed by atoms with van der Waals surface area (Å²) >= 11 is 0. The lowest BCUT2D eigenvalue weighted by Crippen LogP contribution is -2.52. The van der Waals surface area contributed by atoms with Crippen LogP contribution in [0.3, 0.4) is 0 Å². The van der Waals surface area contributed by atoms with Crippen LogP contribution in [0.2, 0.25) is 0 Å². The second-order valence-corrected chi connectivity index (χ2v) is 8.36. The third kappa shape index (κ3) is 2.77. The number of likely N-dealkylation sites (tertiary alicyclic amines) is 1. The van der Waals surface area contributed by atoms with E-state index >= 15 is 0 Å². The summed E-state index contributed by atoms with van der Waals surface area (Å²) in [5, 5.41) is 16.6. The fraction of sp³-hybridized carbons (Fsp3) is 0.684. The van der Waals surface area contributed by atoms with Crippen LogP contribution in [-0.2, 0) is 11.8 Å². The number of hydrogen-bond donors (Lipinski definition) is 1. The molecule has 1 aliphatic heterocycles. The number of nitriles is 1. The number of amides is 2. The molecular weight excluding hydrogens is 330 g/mol. The molecule has 0 aromatic carbocycles. The molecule has 138 valence electrons. The minimum Gasteiger partial charge on any atom is -0.349 e. The summed E-state index contributed by atoms with van der Waals surface area (Å²) < 4.78 is 1.62. The van der Waals surface area contributed by atoms with E-state index in [4.69, 9.17) is 0 Å². The lowest BCUT2D eigenvalue weighted by Gasteiger charge is -2.45. The Morgan fingerprint density at radius 2 is 2.04 bits per heavy atom. The highest BCUT2D eigenvalue weighted by Gasteiger charge is 2.53. The van der Waals surface area contributed by atoms with Gasteiger partial charge in [-0.1, -0.05) is 12.8 Å². The highest BCUT2D eigenvalue weighted by atomic mass is 16.2. The molecule has 2 aliphatic carbocycles. The van der Waals surface area contributed by atoms with Crippen molar-refractivity contribution < 1.29 is 9.59 Å². The van der Waals surface area contributed by atoms with Crippen molar-refractivity contribution in [3.63, 3.8) is 0 Å². The minimum absolute atomic E-state index is 0.0391. The van der Waals surface area contributed by atoms with E-state index in [2.05, 4.69) is 16.5 Å². The highest BCUT2D eigenvalue weighted by Crippen LogP contribution is 2.50. The van der Waals surface area contributed by atoms with Crippen molar-refractivity contribution in [3.8, 4) is 6.07 Å². The van der Waals surface area contributed by atoms with Crippen LogP contribution in [0.1, 0.15) is 55.3 Å². The molecule has 1 spiro atoms. The summed E-state index contributed by atoms with van der Waals surface area (Å²) in [6.07, 6.45) is 9.42. The van der Waals surface area contributed by atoms with Gasteiger partial charge >= 0.3 is 0 Å². The Bertz CT molecular complexity index is 765. The Kier molecular flexibility index (Phi) is 4.02. The zero-order valence-corrected chi connectivity index (χ0v) is 15.2. The van der Waals surface area contributed by atoms with Gasteiger partial charge in [0.1, 0.15) is 5.41 Å². The van der Waals surface area contributed by atoms with Crippen LogP contribution < -0.4 is 5.32 Å². The molecule has 2 saturated carbocycles. The van der Waals surface area contributed by atoms with Gasteiger partial charge in [-0.25, -0.2) is 0 Å². The van der Waals surface area contributed by atoms with Crippen LogP contribution in [-0.4, -0.2) is 45.6 Å². The standard InChI is InChI=1S/C19H25N5O2/c1-23-11-14(10-21-23)16(25)22-15-8-18(9-15)6-7-24(13-18)17(26)19(12-20)4-2-3-5-19/h10-11,15H,2-9,13H2,1H3,(H,22,25). The summed E-state index contributed by atoms with van der Waals surface area (Å²) in [5.41, 5.74) is -0.0741. The Morgan fingerprint density at radius 1 is 1.31 bits per heavy atom. The van der Waals surface area contributed by atoms with E-state index in [0.717, 1.165) is 45.2 Å². The second kappa shape index (κ2) is 6.11. The summed E-state index contributed by atoms with van der Waals surface area (Å²) in [6, 6.07) is 2.48. The van der Waals surface area contributed by atoms with E-state index in [0.29, 0.717) is 18.4 Å². The molecule has 0 radical (unpaired) electrons. The van der Waals surface area contributed by atoms with Crippen LogP contribution in [0.4, 0.5) is 0 Å². The minimum atomic E-state index is -0.775. The predicted molar refractivity (Wildman–Crippen MR) is 93.8 cm³/mol. The van der Waals surface area contributed by atoms with Crippen molar-refractivity contribution in [2.75, 3.05) is 13.1 Å². The molecule has 4 rings (SSSR count). The quantitative estimate of drug-likeness (QED) is 0.892. The number of carbonyl (C=O) groups is 2. The van der Waals surface area contributed by atoms with E-state index in [1.54, 1.807) is 24.1 Å². The monoisotopic (exact) mass is 355 g/mol. The Balaban J connectivity index is 1.32. The third-order valence-corrected chi connectivity index (χ3v) is 6.47. The van der Waals surface area contributed by atoms with E-state index in [-0.39, 0.29) is 23.3 Å². The normalized spacial score (nSPS) is 29.4. The van der Waals surface area contributed by atoms with Gasteiger partial charge in [0.25, 0.3) is 5.91 Å². The molecule has 26 heavy (non-hydrogen) atoms. The smallest absolute Gasteiger partial charge is 0.254 e. The first-order valence-electron chi connectivity index (χ1n) is 9.46. The topological polar surface area (TPSA) is 91.0 Å². The van der Waals surface area contributed by atoms with E-state index in [1.807, 2.05) is 4.90 Å². The number of aromatic nitrogens is 2. The number of nitrogens with zero attached hydrogens (tertiary/aromatic N) is 4.